The maximum absolute atomic E-state index is 12.5. The summed E-state index contributed by atoms with van der Waals surface area (Å²) in [5.41, 5.74) is 1.17. The molecule has 0 bridgehead atoms. The molecule has 3 nitrogen and oxygen atoms in total. The molecule has 0 fully saturated rings. The zero-order chi connectivity index (χ0) is 14.3. The van der Waals surface area contributed by atoms with E-state index in [1.807, 2.05) is 11.0 Å². The smallest absolute Gasteiger partial charge is 0.254 e. The van der Waals surface area contributed by atoms with Gasteiger partial charge in [0, 0.05) is 24.0 Å². The van der Waals surface area contributed by atoms with Gasteiger partial charge in [-0.2, -0.15) is 5.26 Å². The fourth-order valence-electron chi connectivity index (χ4n) is 2.12. The molecule has 1 rings (SSSR count). The molecule has 0 saturated carbocycles. The average molecular weight is 279 g/mol. The van der Waals surface area contributed by atoms with Crippen molar-refractivity contribution in [2.45, 2.75) is 32.7 Å². The number of rotatable bonds is 6. The number of amides is 1. The van der Waals surface area contributed by atoms with Gasteiger partial charge in [0.25, 0.3) is 5.91 Å². The second-order valence-corrected chi connectivity index (χ2v) is 4.72. The third-order valence-corrected chi connectivity index (χ3v) is 3.40. The molecule has 1 aromatic carbocycles. The number of halogens is 1. The van der Waals surface area contributed by atoms with Gasteiger partial charge in [-0.15, -0.1) is 11.6 Å². The fourth-order valence-corrected chi connectivity index (χ4v) is 2.31. The number of nitriles is 1. The Morgan fingerprint density at radius 1 is 1.32 bits per heavy atom. The van der Waals surface area contributed by atoms with Crippen LogP contribution >= 0.6 is 11.6 Å². The van der Waals surface area contributed by atoms with Crippen LogP contribution in [0.1, 0.15) is 42.6 Å². The lowest BCUT2D eigenvalue weighted by Crippen LogP contribution is -2.41. The number of hydrogen-bond donors (Lipinski definition) is 0. The first-order valence-corrected chi connectivity index (χ1v) is 7.08. The molecular formula is C15H19ClN2O. The number of nitrogens with zero attached hydrogens (tertiary/aromatic N) is 2. The first-order chi connectivity index (χ1) is 9.17. The lowest BCUT2D eigenvalue weighted by molar-refractivity contribution is 0.0681. The fraction of sp³-hybridized carbons (Fsp3) is 0.467. The second-order valence-electron chi connectivity index (χ2n) is 4.35. The average Bonchev–Trinajstić information content (AvgIpc) is 2.47. The lowest BCUT2D eigenvalue weighted by atomic mass is 10.1. The molecule has 0 spiro atoms. The van der Waals surface area contributed by atoms with Crippen molar-refractivity contribution in [2.24, 2.45) is 0 Å². The molecule has 0 saturated heterocycles. The SMILES string of the molecule is CCC(CC)N(CCCl)C(=O)c1ccc(C#N)cc1. The van der Waals surface area contributed by atoms with Gasteiger partial charge in [-0.1, -0.05) is 13.8 Å². The molecule has 0 radical (unpaired) electrons. The van der Waals surface area contributed by atoms with Gasteiger partial charge in [0.1, 0.15) is 0 Å². The van der Waals surface area contributed by atoms with E-state index in [0.29, 0.717) is 23.6 Å². The van der Waals surface area contributed by atoms with Gasteiger partial charge in [0.2, 0.25) is 0 Å². The van der Waals surface area contributed by atoms with E-state index in [1.165, 1.54) is 0 Å². The molecule has 1 aromatic rings. The zero-order valence-electron chi connectivity index (χ0n) is 11.4. The van der Waals surface area contributed by atoms with Crippen LogP contribution in [-0.4, -0.2) is 29.3 Å². The molecule has 0 unspecified atom stereocenters. The van der Waals surface area contributed by atoms with E-state index in [1.54, 1.807) is 24.3 Å². The Balaban J connectivity index is 2.95. The molecule has 1 amide bonds. The molecule has 0 aromatic heterocycles. The molecule has 0 heterocycles. The molecule has 0 atom stereocenters. The number of carbonyl (C=O) groups is 1. The van der Waals surface area contributed by atoms with Crippen LogP contribution in [0, 0.1) is 11.3 Å². The van der Waals surface area contributed by atoms with Gasteiger partial charge < -0.3 is 4.90 Å². The summed E-state index contributed by atoms with van der Waals surface area (Å²) in [6.07, 6.45) is 1.82. The maximum Gasteiger partial charge on any atom is 0.254 e. The van der Waals surface area contributed by atoms with Crippen LogP contribution in [0.25, 0.3) is 0 Å². The Morgan fingerprint density at radius 3 is 2.32 bits per heavy atom. The van der Waals surface area contributed by atoms with Crippen molar-refractivity contribution in [3.8, 4) is 6.07 Å². The van der Waals surface area contributed by atoms with Crippen molar-refractivity contribution in [1.82, 2.24) is 4.90 Å². The third kappa shape index (κ3) is 3.97. The summed E-state index contributed by atoms with van der Waals surface area (Å²) in [5, 5.41) is 8.76. The zero-order valence-corrected chi connectivity index (χ0v) is 12.2. The third-order valence-electron chi connectivity index (χ3n) is 3.23. The van der Waals surface area contributed by atoms with Gasteiger partial charge in [0.15, 0.2) is 0 Å². The number of benzene rings is 1. The Labute approximate surface area is 119 Å². The largest absolute Gasteiger partial charge is 0.334 e. The Morgan fingerprint density at radius 2 is 1.89 bits per heavy atom. The predicted molar refractivity (Wildman–Crippen MR) is 77.3 cm³/mol. The summed E-state index contributed by atoms with van der Waals surface area (Å²) in [7, 11) is 0. The summed E-state index contributed by atoms with van der Waals surface area (Å²) in [6.45, 7) is 4.69. The van der Waals surface area contributed by atoms with Gasteiger partial charge in [-0.3, -0.25) is 4.79 Å². The van der Waals surface area contributed by atoms with E-state index in [-0.39, 0.29) is 11.9 Å². The minimum atomic E-state index is -0.0150. The number of alkyl halides is 1. The van der Waals surface area contributed by atoms with Crippen LogP contribution in [0.3, 0.4) is 0 Å². The topological polar surface area (TPSA) is 44.1 Å². The van der Waals surface area contributed by atoms with Crippen molar-refractivity contribution in [2.75, 3.05) is 12.4 Å². The number of hydrogen-bond acceptors (Lipinski definition) is 2. The number of carbonyl (C=O) groups excluding carboxylic acids is 1. The molecule has 0 aliphatic carbocycles. The van der Waals surface area contributed by atoms with E-state index in [4.69, 9.17) is 16.9 Å². The minimum Gasteiger partial charge on any atom is -0.334 e. The Hall–Kier alpha value is -1.53. The molecule has 102 valence electrons. The normalized spacial score (nSPS) is 10.3. The van der Waals surface area contributed by atoms with Crippen LogP contribution in [0.5, 0.6) is 0 Å². The van der Waals surface area contributed by atoms with Gasteiger partial charge in [0.05, 0.1) is 11.6 Å². The lowest BCUT2D eigenvalue weighted by Gasteiger charge is -2.30. The van der Waals surface area contributed by atoms with E-state index < -0.39 is 0 Å². The van der Waals surface area contributed by atoms with Crippen molar-refractivity contribution in [1.29, 1.82) is 5.26 Å². The summed E-state index contributed by atoms with van der Waals surface area (Å²) in [6, 6.07) is 8.99. The Bertz CT molecular complexity index is 446. The molecule has 19 heavy (non-hydrogen) atoms. The first kappa shape index (κ1) is 15.5. The maximum atomic E-state index is 12.5. The van der Waals surface area contributed by atoms with Gasteiger partial charge >= 0.3 is 0 Å². The summed E-state index contributed by atoms with van der Waals surface area (Å²) < 4.78 is 0. The van der Waals surface area contributed by atoms with Crippen molar-refractivity contribution >= 4 is 17.5 Å². The molecule has 0 aliphatic heterocycles. The van der Waals surface area contributed by atoms with Crippen molar-refractivity contribution < 1.29 is 4.79 Å². The van der Waals surface area contributed by atoms with Crippen molar-refractivity contribution in [3.63, 3.8) is 0 Å². The van der Waals surface area contributed by atoms with E-state index >= 15 is 0 Å². The van der Waals surface area contributed by atoms with Crippen molar-refractivity contribution in [3.05, 3.63) is 35.4 Å². The first-order valence-electron chi connectivity index (χ1n) is 6.55. The predicted octanol–water partition coefficient (Wildman–Crippen LogP) is 3.43. The second kappa shape index (κ2) is 7.81. The van der Waals surface area contributed by atoms with Crippen LogP contribution in [0.4, 0.5) is 0 Å². The summed E-state index contributed by atoms with van der Waals surface area (Å²) in [4.78, 5) is 14.3. The highest BCUT2D eigenvalue weighted by Gasteiger charge is 2.21. The van der Waals surface area contributed by atoms with E-state index in [2.05, 4.69) is 13.8 Å². The Kier molecular flexibility index (Phi) is 6.38. The van der Waals surface area contributed by atoms with Crippen LogP contribution in [0.15, 0.2) is 24.3 Å². The van der Waals surface area contributed by atoms with Crippen LogP contribution in [0.2, 0.25) is 0 Å². The van der Waals surface area contributed by atoms with E-state index in [0.717, 1.165) is 12.8 Å². The molecule has 4 heteroatoms. The van der Waals surface area contributed by atoms with Crippen LogP contribution < -0.4 is 0 Å². The van der Waals surface area contributed by atoms with Gasteiger partial charge in [-0.05, 0) is 37.1 Å². The van der Waals surface area contributed by atoms with Crippen LogP contribution in [-0.2, 0) is 0 Å². The quantitative estimate of drug-likeness (QED) is 0.748. The summed E-state index contributed by atoms with van der Waals surface area (Å²) >= 11 is 5.80. The highest BCUT2D eigenvalue weighted by molar-refractivity contribution is 6.18. The van der Waals surface area contributed by atoms with Gasteiger partial charge in [-0.25, -0.2) is 0 Å². The molecule has 0 aliphatic rings. The summed E-state index contributed by atoms with van der Waals surface area (Å²) in [5.74, 6) is 0.414. The highest BCUT2D eigenvalue weighted by Crippen LogP contribution is 2.14. The monoisotopic (exact) mass is 278 g/mol. The van der Waals surface area contributed by atoms with E-state index in [9.17, 15) is 4.79 Å². The highest BCUT2D eigenvalue weighted by atomic mass is 35.5. The molecule has 0 N–H and O–H groups in total. The minimum absolute atomic E-state index is 0.0150. The molecular weight excluding hydrogens is 260 g/mol. The standard InChI is InChI=1S/C15H19ClN2O/c1-3-14(4-2)18(10-9-16)15(19)13-7-5-12(11-17)6-8-13/h5-8,14H,3-4,9-10H2,1-2H3.